The van der Waals surface area contributed by atoms with Crippen molar-refractivity contribution in [2.24, 2.45) is 10.9 Å². The van der Waals surface area contributed by atoms with Crippen LogP contribution < -0.4 is 0 Å². The molecule has 0 spiro atoms. The van der Waals surface area contributed by atoms with Crippen molar-refractivity contribution in [1.29, 1.82) is 0 Å². The molecule has 1 nitrogen and oxygen atoms in total. The van der Waals surface area contributed by atoms with Gasteiger partial charge in [-0.3, -0.25) is 4.99 Å². The fourth-order valence-electron chi connectivity index (χ4n) is 2.38. The number of hydrogen-bond acceptors (Lipinski definition) is 1. The minimum absolute atomic E-state index is 0.873. The summed E-state index contributed by atoms with van der Waals surface area (Å²) in [6.45, 7) is 4.41. The highest BCUT2D eigenvalue weighted by molar-refractivity contribution is 5.87. The van der Waals surface area contributed by atoms with Crippen molar-refractivity contribution in [2.75, 3.05) is 0 Å². The molecule has 1 saturated carbocycles. The molecule has 0 radical (unpaired) electrons. The van der Waals surface area contributed by atoms with E-state index in [1.165, 1.54) is 43.4 Å². The van der Waals surface area contributed by atoms with Crippen molar-refractivity contribution in [3.8, 4) is 0 Å². The smallest absolute Gasteiger partial charge is 0.0629 e. The first kappa shape index (κ1) is 11.4. The third-order valence-electron chi connectivity index (χ3n) is 3.50. The highest BCUT2D eigenvalue weighted by Gasteiger charge is 2.16. The van der Waals surface area contributed by atoms with Gasteiger partial charge in [0.15, 0.2) is 0 Å². The largest absolute Gasteiger partial charge is 0.258 e. The van der Waals surface area contributed by atoms with Crippen molar-refractivity contribution in [3.63, 3.8) is 0 Å². The fourth-order valence-corrected chi connectivity index (χ4v) is 2.38. The minimum atomic E-state index is 0.873. The predicted molar refractivity (Wildman–Crippen MR) is 70.5 cm³/mol. The first-order valence-electron chi connectivity index (χ1n) is 6.41. The maximum absolute atomic E-state index is 4.77. The second-order valence-corrected chi connectivity index (χ2v) is 4.88. The second kappa shape index (κ2) is 5.29. The standard InChI is InChI=1S/C15H21N/c1-3-13-5-4-6-15(11-13)16-14-9-7-12(2)8-10-14/h7-10,13H,3-6,11H2,1-2H3. The Labute approximate surface area is 98.6 Å². The Morgan fingerprint density at radius 3 is 2.69 bits per heavy atom. The van der Waals surface area contributed by atoms with Gasteiger partial charge in [-0.1, -0.05) is 31.0 Å². The number of hydrogen-bond donors (Lipinski definition) is 0. The molecule has 2 rings (SSSR count). The van der Waals surface area contributed by atoms with Gasteiger partial charge in [0, 0.05) is 5.71 Å². The third kappa shape index (κ3) is 2.94. The molecule has 0 N–H and O–H groups in total. The molecule has 0 aliphatic heterocycles. The second-order valence-electron chi connectivity index (χ2n) is 4.88. The predicted octanol–water partition coefficient (Wildman–Crippen LogP) is 4.67. The lowest BCUT2D eigenvalue weighted by Gasteiger charge is -2.21. The van der Waals surface area contributed by atoms with E-state index in [2.05, 4.69) is 38.1 Å². The number of aliphatic imine (C=N–C) groups is 1. The lowest BCUT2D eigenvalue weighted by atomic mass is 9.86. The highest BCUT2D eigenvalue weighted by Crippen LogP contribution is 2.26. The molecule has 16 heavy (non-hydrogen) atoms. The SMILES string of the molecule is CCC1CCCC(=Nc2ccc(C)cc2)C1. The van der Waals surface area contributed by atoms with Gasteiger partial charge in [0.2, 0.25) is 0 Å². The van der Waals surface area contributed by atoms with Crippen LogP contribution in [0.3, 0.4) is 0 Å². The molecule has 1 aromatic carbocycles. The van der Waals surface area contributed by atoms with E-state index in [4.69, 9.17) is 4.99 Å². The van der Waals surface area contributed by atoms with Crippen LogP contribution in [-0.2, 0) is 0 Å². The summed E-state index contributed by atoms with van der Waals surface area (Å²) in [5.41, 5.74) is 3.83. The Bertz CT molecular complexity index is 362. The van der Waals surface area contributed by atoms with Crippen molar-refractivity contribution >= 4 is 11.4 Å². The lowest BCUT2D eigenvalue weighted by molar-refractivity contribution is 0.447. The third-order valence-corrected chi connectivity index (χ3v) is 3.50. The Morgan fingerprint density at radius 1 is 1.25 bits per heavy atom. The van der Waals surface area contributed by atoms with E-state index in [0.717, 1.165) is 11.6 Å². The van der Waals surface area contributed by atoms with E-state index in [-0.39, 0.29) is 0 Å². The van der Waals surface area contributed by atoms with Gasteiger partial charge >= 0.3 is 0 Å². The molecule has 1 aromatic rings. The van der Waals surface area contributed by atoms with Gasteiger partial charge in [0.1, 0.15) is 0 Å². The Balaban J connectivity index is 2.08. The number of aryl methyl sites for hydroxylation is 1. The van der Waals surface area contributed by atoms with Crippen LogP contribution >= 0.6 is 0 Å². The Hall–Kier alpha value is -1.11. The molecule has 0 aromatic heterocycles. The van der Waals surface area contributed by atoms with Crippen LogP contribution in [0.4, 0.5) is 5.69 Å². The molecule has 1 unspecified atom stereocenters. The topological polar surface area (TPSA) is 12.4 Å². The normalized spacial score (nSPS) is 23.6. The van der Waals surface area contributed by atoms with Crippen LogP contribution in [0.2, 0.25) is 0 Å². The Kier molecular flexibility index (Phi) is 3.76. The van der Waals surface area contributed by atoms with Crippen molar-refractivity contribution in [1.82, 2.24) is 0 Å². The summed E-state index contributed by atoms with van der Waals surface area (Å²) in [7, 11) is 0. The molecule has 1 fully saturated rings. The average Bonchev–Trinajstić information content (AvgIpc) is 2.32. The molecular formula is C15H21N. The quantitative estimate of drug-likeness (QED) is 0.680. The summed E-state index contributed by atoms with van der Waals surface area (Å²) in [4.78, 5) is 4.77. The van der Waals surface area contributed by atoms with Gasteiger partial charge in [-0.15, -0.1) is 0 Å². The van der Waals surface area contributed by atoms with Crippen molar-refractivity contribution < 1.29 is 0 Å². The van der Waals surface area contributed by atoms with Crippen LogP contribution in [0.1, 0.15) is 44.6 Å². The monoisotopic (exact) mass is 215 g/mol. The maximum Gasteiger partial charge on any atom is 0.0629 e. The Morgan fingerprint density at radius 2 is 2.00 bits per heavy atom. The average molecular weight is 215 g/mol. The van der Waals surface area contributed by atoms with E-state index >= 15 is 0 Å². The van der Waals surface area contributed by atoms with Crippen LogP contribution in [0.15, 0.2) is 29.3 Å². The zero-order valence-corrected chi connectivity index (χ0v) is 10.4. The molecular weight excluding hydrogens is 194 g/mol. The van der Waals surface area contributed by atoms with E-state index in [9.17, 15) is 0 Å². The summed E-state index contributed by atoms with van der Waals surface area (Å²) in [5, 5.41) is 0. The molecule has 1 atom stereocenters. The molecule has 1 aliphatic rings. The highest BCUT2D eigenvalue weighted by atomic mass is 14.7. The maximum atomic E-state index is 4.77. The van der Waals surface area contributed by atoms with E-state index in [1.54, 1.807) is 0 Å². The molecule has 86 valence electrons. The number of benzene rings is 1. The molecule has 0 bridgehead atoms. The van der Waals surface area contributed by atoms with Crippen LogP contribution in [0.25, 0.3) is 0 Å². The fraction of sp³-hybridized carbons (Fsp3) is 0.533. The van der Waals surface area contributed by atoms with Gasteiger partial charge in [-0.2, -0.15) is 0 Å². The van der Waals surface area contributed by atoms with Crippen molar-refractivity contribution in [2.45, 2.75) is 46.0 Å². The summed E-state index contributed by atoms with van der Waals surface area (Å²) in [6, 6.07) is 8.52. The van der Waals surface area contributed by atoms with Gasteiger partial charge in [-0.05, 0) is 50.7 Å². The van der Waals surface area contributed by atoms with E-state index in [1.807, 2.05) is 0 Å². The zero-order chi connectivity index (χ0) is 11.4. The first-order chi connectivity index (χ1) is 7.78. The van der Waals surface area contributed by atoms with Gasteiger partial charge < -0.3 is 0 Å². The van der Waals surface area contributed by atoms with Crippen molar-refractivity contribution in [3.05, 3.63) is 29.8 Å². The molecule has 0 amide bonds. The molecule has 1 aliphatic carbocycles. The van der Waals surface area contributed by atoms with Gasteiger partial charge in [0.25, 0.3) is 0 Å². The minimum Gasteiger partial charge on any atom is -0.258 e. The zero-order valence-electron chi connectivity index (χ0n) is 10.4. The van der Waals surface area contributed by atoms with E-state index < -0.39 is 0 Å². The summed E-state index contributed by atoms with van der Waals surface area (Å²) >= 11 is 0. The van der Waals surface area contributed by atoms with Crippen LogP contribution in [0.5, 0.6) is 0 Å². The summed E-state index contributed by atoms with van der Waals surface area (Å²) < 4.78 is 0. The van der Waals surface area contributed by atoms with Gasteiger partial charge in [0.05, 0.1) is 5.69 Å². The summed E-state index contributed by atoms with van der Waals surface area (Å²) in [5.74, 6) is 0.873. The lowest BCUT2D eigenvalue weighted by Crippen LogP contribution is -2.14. The molecule has 1 heteroatoms. The van der Waals surface area contributed by atoms with Crippen LogP contribution in [0, 0.1) is 12.8 Å². The number of nitrogens with zero attached hydrogens (tertiary/aromatic N) is 1. The number of rotatable bonds is 2. The summed E-state index contributed by atoms with van der Waals surface area (Å²) in [6.07, 6.45) is 6.42. The van der Waals surface area contributed by atoms with Gasteiger partial charge in [-0.25, -0.2) is 0 Å². The molecule has 0 heterocycles. The van der Waals surface area contributed by atoms with E-state index in [0.29, 0.717) is 0 Å². The van der Waals surface area contributed by atoms with Crippen LogP contribution in [-0.4, -0.2) is 5.71 Å². The molecule has 0 saturated heterocycles. The first-order valence-corrected chi connectivity index (χ1v) is 6.41.